The van der Waals surface area contributed by atoms with Crippen molar-refractivity contribution in [1.29, 1.82) is 0 Å². The number of ether oxygens (including phenoxy) is 1. The van der Waals surface area contributed by atoms with E-state index in [1.807, 2.05) is 0 Å². The molecule has 1 aromatic heterocycles. The molecule has 7 nitrogen and oxygen atoms in total. The van der Waals surface area contributed by atoms with Crippen LogP contribution >= 0.6 is 11.3 Å². The molecule has 3 N–H and O–H groups in total. The lowest BCUT2D eigenvalue weighted by atomic mass is 10.0. The maximum absolute atomic E-state index is 12.5. The minimum atomic E-state index is -3.45. The Labute approximate surface area is 146 Å². The summed E-state index contributed by atoms with van der Waals surface area (Å²) in [6.07, 6.45) is 2.36. The molecule has 2 saturated heterocycles. The molecule has 3 rings (SSSR count). The SMILES string of the molecule is NC[C@H]1CC[C@@H](C(=O)N2CCC(NS(=O)(=O)c3cccs3)CC2)O1. The number of nitrogens with zero attached hydrogens (tertiary/aromatic N) is 1. The van der Waals surface area contributed by atoms with Gasteiger partial charge in [0.25, 0.3) is 5.91 Å². The Kier molecular flexibility index (Phi) is 5.56. The van der Waals surface area contributed by atoms with Gasteiger partial charge in [0.05, 0.1) is 6.10 Å². The average Bonchev–Trinajstić information content (AvgIpc) is 3.26. The highest BCUT2D eigenvalue weighted by Crippen LogP contribution is 2.23. The number of carbonyl (C=O) groups is 1. The normalized spacial score (nSPS) is 26.0. The van der Waals surface area contributed by atoms with Crippen LogP contribution in [0.4, 0.5) is 0 Å². The van der Waals surface area contributed by atoms with Crippen molar-refractivity contribution in [2.45, 2.75) is 48.1 Å². The molecule has 1 aromatic rings. The van der Waals surface area contributed by atoms with Crippen LogP contribution in [0.5, 0.6) is 0 Å². The van der Waals surface area contributed by atoms with Crippen LogP contribution in [-0.4, -0.2) is 57.1 Å². The van der Waals surface area contributed by atoms with Gasteiger partial charge in [0.15, 0.2) is 0 Å². The van der Waals surface area contributed by atoms with Crippen molar-refractivity contribution < 1.29 is 17.9 Å². The second-order valence-electron chi connectivity index (χ2n) is 6.21. The molecule has 1 amide bonds. The molecule has 24 heavy (non-hydrogen) atoms. The summed E-state index contributed by atoms with van der Waals surface area (Å²) in [6.45, 7) is 1.53. The molecule has 2 fully saturated rings. The van der Waals surface area contributed by atoms with E-state index in [0.717, 1.165) is 6.42 Å². The first kappa shape index (κ1) is 17.8. The predicted molar refractivity (Wildman–Crippen MR) is 91.2 cm³/mol. The minimum absolute atomic E-state index is 0.00511. The lowest BCUT2D eigenvalue weighted by molar-refractivity contribution is -0.143. The van der Waals surface area contributed by atoms with Crippen LogP contribution in [0.25, 0.3) is 0 Å². The van der Waals surface area contributed by atoms with E-state index in [-0.39, 0.29) is 18.1 Å². The van der Waals surface area contributed by atoms with Gasteiger partial charge in [-0.3, -0.25) is 4.79 Å². The van der Waals surface area contributed by atoms with Crippen LogP contribution in [0.15, 0.2) is 21.7 Å². The molecule has 0 saturated carbocycles. The van der Waals surface area contributed by atoms with Crippen LogP contribution in [-0.2, 0) is 19.6 Å². The fourth-order valence-electron chi connectivity index (χ4n) is 3.18. The summed E-state index contributed by atoms with van der Waals surface area (Å²) in [5.41, 5.74) is 5.58. The van der Waals surface area contributed by atoms with Gasteiger partial charge in [-0.15, -0.1) is 11.3 Å². The smallest absolute Gasteiger partial charge is 0.251 e. The van der Waals surface area contributed by atoms with Crippen molar-refractivity contribution >= 4 is 27.3 Å². The van der Waals surface area contributed by atoms with E-state index < -0.39 is 16.1 Å². The number of carbonyl (C=O) groups excluding carboxylic acids is 1. The van der Waals surface area contributed by atoms with Crippen molar-refractivity contribution in [3.8, 4) is 0 Å². The molecule has 0 aliphatic carbocycles. The zero-order chi connectivity index (χ0) is 17.2. The maximum Gasteiger partial charge on any atom is 0.251 e. The number of sulfonamides is 1. The van der Waals surface area contributed by atoms with E-state index in [1.54, 1.807) is 22.4 Å². The highest BCUT2D eigenvalue weighted by atomic mass is 32.2. The summed E-state index contributed by atoms with van der Waals surface area (Å²) < 4.78 is 33.2. The van der Waals surface area contributed by atoms with Gasteiger partial charge in [-0.25, -0.2) is 13.1 Å². The molecule has 134 valence electrons. The molecule has 2 atom stereocenters. The first-order chi connectivity index (χ1) is 11.5. The number of likely N-dealkylation sites (tertiary alicyclic amines) is 1. The number of nitrogens with two attached hydrogens (primary N) is 1. The van der Waals surface area contributed by atoms with Crippen molar-refractivity contribution in [3.05, 3.63) is 17.5 Å². The number of thiophene rings is 1. The van der Waals surface area contributed by atoms with Crippen molar-refractivity contribution in [2.75, 3.05) is 19.6 Å². The number of amides is 1. The second kappa shape index (κ2) is 7.49. The Morgan fingerprint density at radius 3 is 2.67 bits per heavy atom. The van der Waals surface area contributed by atoms with E-state index in [1.165, 1.54) is 11.3 Å². The zero-order valence-corrected chi connectivity index (χ0v) is 15.0. The molecule has 2 aliphatic heterocycles. The highest BCUT2D eigenvalue weighted by Gasteiger charge is 2.35. The summed E-state index contributed by atoms with van der Waals surface area (Å²) in [6, 6.07) is 3.18. The van der Waals surface area contributed by atoms with Crippen LogP contribution < -0.4 is 10.5 Å². The third-order valence-corrected chi connectivity index (χ3v) is 7.45. The zero-order valence-electron chi connectivity index (χ0n) is 13.4. The quantitative estimate of drug-likeness (QED) is 0.784. The maximum atomic E-state index is 12.5. The summed E-state index contributed by atoms with van der Waals surface area (Å²) in [5, 5.41) is 1.74. The Hall–Kier alpha value is -1.00. The first-order valence-electron chi connectivity index (χ1n) is 8.20. The number of hydrogen-bond donors (Lipinski definition) is 2. The fraction of sp³-hybridized carbons (Fsp3) is 0.667. The van der Waals surface area contributed by atoms with E-state index in [0.29, 0.717) is 43.1 Å². The molecule has 0 aromatic carbocycles. The van der Waals surface area contributed by atoms with Crippen LogP contribution in [0.3, 0.4) is 0 Å². The van der Waals surface area contributed by atoms with Gasteiger partial charge < -0.3 is 15.4 Å². The number of hydrogen-bond acceptors (Lipinski definition) is 6. The van der Waals surface area contributed by atoms with Gasteiger partial charge in [-0.1, -0.05) is 6.07 Å². The minimum Gasteiger partial charge on any atom is -0.364 e. The van der Waals surface area contributed by atoms with Gasteiger partial charge in [-0.2, -0.15) is 0 Å². The summed E-state index contributed by atoms with van der Waals surface area (Å²) in [4.78, 5) is 14.2. The second-order valence-corrected chi connectivity index (χ2v) is 9.10. The molecule has 0 bridgehead atoms. The van der Waals surface area contributed by atoms with Crippen LogP contribution in [0.2, 0.25) is 0 Å². The van der Waals surface area contributed by atoms with Crippen LogP contribution in [0.1, 0.15) is 25.7 Å². The molecule has 2 aliphatic rings. The Balaban J connectivity index is 1.50. The van der Waals surface area contributed by atoms with E-state index in [9.17, 15) is 13.2 Å². The first-order valence-corrected chi connectivity index (χ1v) is 10.6. The summed E-state index contributed by atoms with van der Waals surface area (Å²) >= 11 is 1.20. The standard InChI is InChI=1S/C15H23N3O4S2/c16-10-12-3-4-13(22-12)15(19)18-7-5-11(6-8-18)17-24(20,21)14-2-1-9-23-14/h1-2,9,11-13,17H,3-8,10,16H2/t12-,13+/m1/s1. The fourth-order valence-corrected chi connectivity index (χ4v) is 5.49. The topological polar surface area (TPSA) is 102 Å². The Bertz CT molecular complexity index is 654. The Morgan fingerprint density at radius 2 is 2.08 bits per heavy atom. The van der Waals surface area contributed by atoms with E-state index in [2.05, 4.69) is 4.72 Å². The lowest BCUT2D eigenvalue weighted by Gasteiger charge is -2.33. The lowest BCUT2D eigenvalue weighted by Crippen LogP contribution is -2.49. The molecular weight excluding hydrogens is 350 g/mol. The van der Waals surface area contributed by atoms with Crippen molar-refractivity contribution in [2.24, 2.45) is 5.73 Å². The van der Waals surface area contributed by atoms with Gasteiger partial charge >= 0.3 is 0 Å². The number of rotatable bonds is 5. The Morgan fingerprint density at radius 1 is 1.33 bits per heavy atom. The van der Waals surface area contributed by atoms with Crippen molar-refractivity contribution in [3.63, 3.8) is 0 Å². The number of piperidine rings is 1. The molecule has 9 heteroatoms. The van der Waals surface area contributed by atoms with Gasteiger partial charge in [-0.05, 0) is 37.1 Å². The summed E-state index contributed by atoms with van der Waals surface area (Å²) in [7, 11) is -3.45. The van der Waals surface area contributed by atoms with E-state index >= 15 is 0 Å². The summed E-state index contributed by atoms with van der Waals surface area (Å²) in [5.74, 6) is 0.00511. The monoisotopic (exact) mass is 373 g/mol. The largest absolute Gasteiger partial charge is 0.364 e. The van der Waals surface area contributed by atoms with Gasteiger partial charge in [0.2, 0.25) is 10.0 Å². The predicted octanol–water partition coefficient (Wildman–Crippen LogP) is 0.524. The molecule has 0 spiro atoms. The number of nitrogens with one attached hydrogen (secondary N) is 1. The van der Waals surface area contributed by atoms with Gasteiger partial charge in [0, 0.05) is 25.7 Å². The highest BCUT2D eigenvalue weighted by molar-refractivity contribution is 7.91. The molecular formula is C15H23N3O4S2. The molecule has 0 unspecified atom stereocenters. The molecule has 3 heterocycles. The van der Waals surface area contributed by atoms with Crippen LogP contribution in [0, 0.1) is 0 Å². The van der Waals surface area contributed by atoms with E-state index in [4.69, 9.17) is 10.5 Å². The third kappa shape index (κ3) is 3.97. The average molecular weight is 374 g/mol. The van der Waals surface area contributed by atoms with Crippen molar-refractivity contribution in [1.82, 2.24) is 9.62 Å². The van der Waals surface area contributed by atoms with Gasteiger partial charge in [0.1, 0.15) is 10.3 Å². The third-order valence-electron chi connectivity index (χ3n) is 4.53. The molecule has 0 radical (unpaired) electrons.